The number of hydrogen-bond donors (Lipinski definition) is 1. The van der Waals surface area contributed by atoms with Gasteiger partial charge in [-0.25, -0.2) is 18.3 Å². The number of nitrogens with one attached hydrogen (secondary N) is 1. The van der Waals surface area contributed by atoms with Crippen LogP contribution in [-0.4, -0.2) is 34.0 Å². The summed E-state index contributed by atoms with van der Waals surface area (Å²) in [6, 6.07) is 7.94. The van der Waals surface area contributed by atoms with Gasteiger partial charge in [-0.1, -0.05) is 17.3 Å². The van der Waals surface area contributed by atoms with Crippen molar-refractivity contribution in [2.45, 2.75) is 13.0 Å². The molecule has 0 spiro atoms. The summed E-state index contributed by atoms with van der Waals surface area (Å²) in [6.45, 7) is -0.102. The van der Waals surface area contributed by atoms with Crippen molar-refractivity contribution in [3.8, 4) is 0 Å². The second-order valence-electron chi connectivity index (χ2n) is 5.74. The topological polar surface area (TPSA) is 103 Å². The average Bonchev–Trinajstić information content (AvgIpc) is 2.69. The fourth-order valence-electron chi connectivity index (χ4n) is 2.50. The van der Waals surface area contributed by atoms with Crippen LogP contribution in [0.15, 0.2) is 41.2 Å². The lowest BCUT2D eigenvalue weighted by Crippen LogP contribution is -2.26. The smallest absolute Gasteiger partial charge is 0.340 e. The van der Waals surface area contributed by atoms with Gasteiger partial charge in [0.25, 0.3) is 5.56 Å². The quantitative estimate of drug-likeness (QED) is 0.670. The molecule has 0 saturated carbocycles. The van der Waals surface area contributed by atoms with Crippen molar-refractivity contribution in [3.63, 3.8) is 0 Å². The minimum Gasteiger partial charge on any atom is -0.465 e. The van der Waals surface area contributed by atoms with E-state index in [1.807, 2.05) is 0 Å². The third kappa shape index (κ3) is 3.85. The maximum Gasteiger partial charge on any atom is 0.340 e. The number of halogens is 2. The number of aryl methyl sites for hydroxylation is 1. The molecule has 0 saturated heterocycles. The summed E-state index contributed by atoms with van der Waals surface area (Å²) in [5.41, 5.74) is -0.893. The van der Waals surface area contributed by atoms with Crippen molar-refractivity contribution < 1.29 is 23.1 Å². The standard InChI is InChI=1S/C18H14F2N4O4/c1-28-18(27)11-8-15(13(20)9-12(11)19)21-16(25)6-7-24-17(26)10-4-2-3-5-14(10)22-23-24/h2-5,8-9H,6-7H2,1H3,(H,21,25). The molecule has 2 aromatic carbocycles. The van der Waals surface area contributed by atoms with Gasteiger partial charge >= 0.3 is 5.97 Å². The number of rotatable bonds is 5. The van der Waals surface area contributed by atoms with Gasteiger partial charge in [-0.15, -0.1) is 5.10 Å². The summed E-state index contributed by atoms with van der Waals surface area (Å²) in [4.78, 5) is 35.9. The Morgan fingerprint density at radius 1 is 1.18 bits per heavy atom. The first-order chi connectivity index (χ1) is 13.4. The molecule has 0 aliphatic heterocycles. The minimum absolute atomic E-state index is 0.102. The molecule has 28 heavy (non-hydrogen) atoms. The van der Waals surface area contributed by atoms with E-state index in [1.54, 1.807) is 24.3 Å². The summed E-state index contributed by atoms with van der Waals surface area (Å²) in [5.74, 6) is -3.84. The number of carbonyl (C=O) groups is 2. The van der Waals surface area contributed by atoms with Crippen molar-refractivity contribution in [1.82, 2.24) is 15.0 Å². The van der Waals surface area contributed by atoms with Gasteiger partial charge in [-0.2, -0.15) is 0 Å². The number of benzene rings is 2. The molecular formula is C18H14F2N4O4. The Hall–Kier alpha value is -3.69. The van der Waals surface area contributed by atoms with Crippen LogP contribution < -0.4 is 10.9 Å². The van der Waals surface area contributed by atoms with Crippen LogP contribution in [-0.2, 0) is 16.1 Å². The average molecular weight is 388 g/mol. The monoisotopic (exact) mass is 388 g/mol. The zero-order valence-electron chi connectivity index (χ0n) is 14.6. The van der Waals surface area contributed by atoms with Crippen LogP contribution in [0.5, 0.6) is 0 Å². The predicted octanol–water partition coefficient (Wildman–Crippen LogP) is 1.89. The summed E-state index contributed by atoms with van der Waals surface area (Å²) < 4.78 is 32.9. The van der Waals surface area contributed by atoms with E-state index in [0.29, 0.717) is 17.0 Å². The second-order valence-corrected chi connectivity index (χ2v) is 5.74. The highest BCUT2D eigenvalue weighted by atomic mass is 19.1. The molecule has 3 rings (SSSR count). The summed E-state index contributed by atoms with van der Waals surface area (Å²) >= 11 is 0. The van der Waals surface area contributed by atoms with E-state index < -0.39 is 34.6 Å². The lowest BCUT2D eigenvalue weighted by Gasteiger charge is -2.09. The van der Waals surface area contributed by atoms with Crippen molar-refractivity contribution in [1.29, 1.82) is 0 Å². The molecule has 144 valence electrons. The Morgan fingerprint density at radius 2 is 1.93 bits per heavy atom. The summed E-state index contributed by atoms with van der Waals surface area (Å²) in [7, 11) is 1.05. The van der Waals surface area contributed by atoms with Crippen molar-refractivity contribution in [2.24, 2.45) is 0 Å². The molecule has 0 radical (unpaired) electrons. The van der Waals surface area contributed by atoms with Crippen molar-refractivity contribution in [3.05, 3.63) is 63.9 Å². The maximum atomic E-state index is 13.9. The van der Waals surface area contributed by atoms with Crippen LogP contribution in [0.4, 0.5) is 14.5 Å². The lowest BCUT2D eigenvalue weighted by molar-refractivity contribution is -0.116. The van der Waals surface area contributed by atoms with Gasteiger partial charge in [0.2, 0.25) is 5.91 Å². The molecule has 8 nitrogen and oxygen atoms in total. The Balaban J connectivity index is 1.74. The minimum atomic E-state index is -1.11. The third-order valence-electron chi connectivity index (χ3n) is 3.92. The fraction of sp³-hybridized carbons (Fsp3) is 0.167. The number of amides is 1. The van der Waals surface area contributed by atoms with Gasteiger partial charge in [0, 0.05) is 12.5 Å². The predicted molar refractivity (Wildman–Crippen MR) is 94.7 cm³/mol. The Kier molecular flexibility index (Phi) is 5.39. The molecule has 1 heterocycles. The SMILES string of the molecule is COC(=O)c1cc(NC(=O)CCn2nnc3ccccc3c2=O)c(F)cc1F. The van der Waals surface area contributed by atoms with E-state index in [9.17, 15) is 23.2 Å². The Morgan fingerprint density at radius 3 is 2.68 bits per heavy atom. The normalized spacial score (nSPS) is 10.7. The number of anilines is 1. The highest BCUT2D eigenvalue weighted by Crippen LogP contribution is 2.20. The lowest BCUT2D eigenvalue weighted by atomic mass is 10.1. The third-order valence-corrected chi connectivity index (χ3v) is 3.92. The van der Waals surface area contributed by atoms with E-state index >= 15 is 0 Å². The van der Waals surface area contributed by atoms with Crippen molar-refractivity contribution in [2.75, 3.05) is 12.4 Å². The van der Waals surface area contributed by atoms with Gasteiger partial charge in [0.15, 0.2) is 0 Å². The van der Waals surface area contributed by atoms with E-state index in [-0.39, 0.29) is 18.7 Å². The molecule has 3 aromatic rings. The number of esters is 1. The number of fused-ring (bicyclic) bond motifs is 1. The van der Waals surface area contributed by atoms with Gasteiger partial charge in [0.05, 0.1) is 30.3 Å². The Bertz CT molecular complexity index is 1130. The largest absolute Gasteiger partial charge is 0.465 e. The number of nitrogens with zero attached hydrogens (tertiary/aromatic N) is 3. The van der Waals surface area contributed by atoms with Gasteiger partial charge in [0.1, 0.15) is 17.2 Å². The molecule has 10 heteroatoms. The summed E-state index contributed by atoms with van der Waals surface area (Å²) in [5, 5.41) is 10.2. The van der Waals surface area contributed by atoms with E-state index in [4.69, 9.17) is 0 Å². The first-order valence-corrected chi connectivity index (χ1v) is 8.10. The molecule has 1 aromatic heterocycles. The van der Waals surface area contributed by atoms with Gasteiger partial charge in [-0.3, -0.25) is 9.59 Å². The maximum absolute atomic E-state index is 13.9. The highest BCUT2D eigenvalue weighted by molar-refractivity contribution is 5.94. The molecule has 0 aliphatic carbocycles. The zero-order valence-corrected chi connectivity index (χ0v) is 14.6. The molecule has 0 atom stereocenters. The van der Waals surface area contributed by atoms with E-state index in [2.05, 4.69) is 20.4 Å². The van der Waals surface area contributed by atoms with Crippen LogP contribution in [0.2, 0.25) is 0 Å². The van der Waals surface area contributed by atoms with E-state index in [1.165, 1.54) is 0 Å². The second kappa shape index (κ2) is 7.91. The summed E-state index contributed by atoms with van der Waals surface area (Å²) in [6.07, 6.45) is -0.225. The van der Waals surface area contributed by atoms with Crippen LogP contribution in [0.1, 0.15) is 16.8 Å². The first-order valence-electron chi connectivity index (χ1n) is 8.10. The molecule has 0 aliphatic rings. The van der Waals surface area contributed by atoms with Gasteiger partial charge < -0.3 is 10.1 Å². The molecule has 0 fully saturated rings. The van der Waals surface area contributed by atoms with Crippen molar-refractivity contribution >= 4 is 28.5 Å². The zero-order chi connectivity index (χ0) is 20.3. The number of ether oxygens (including phenoxy) is 1. The first kappa shape index (κ1) is 19.1. The number of hydrogen-bond acceptors (Lipinski definition) is 6. The highest BCUT2D eigenvalue weighted by Gasteiger charge is 2.18. The molecule has 1 N–H and O–H groups in total. The van der Waals surface area contributed by atoms with Gasteiger partial charge in [-0.05, 0) is 18.2 Å². The molecular weight excluding hydrogens is 374 g/mol. The van der Waals surface area contributed by atoms with Crippen LogP contribution in [0.25, 0.3) is 10.9 Å². The molecule has 0 unspecified atom stereocenters. The van der Waals surface area contributed by atoms with E-state index in [0.717, 1.165) is 17.9 Å². The number of aromatic nitrogens is 3. The van der Waals surface area contributed by atoms with Crippen LogP contribution in [0, 0.1) is 11.6 Å². The van der Waals surface area contributed by atoms with Crippen LogP contribution in [0.3, 0.4) is 0 Å². The number of carbonyl (C=O) groups excluding carboxylic acids is 2. The number of methoxy groups -OCH3 is 1. The molecule has 0 bridgehead atoms. The fourth-order valence-corrected chi connectivity index (χ4v) is 2.50. The van der Waals surface area contributed by atoms with Crippen LogP contribution >= 0.6 is 0 Å². The molecule has 1 amide bonds. The Labute approximate surface area is 156 Å².